The van der Waals surface area contributed by atoms with Crippen molar-refractivity contribution in [1.82, 2.24) is 36.8 Å². The van der Waals surface area contributed by atoms with Gasteiger partial charge in [-0.05, 0) is 107 Å². The first-order chi connectivity index (χ1) is 39.5. The van der Waals surface area contributed by atoms with Gasteiger partial charge in [-0.3, -0.25) is 47.9 Å². The molecule has 1 aromatic carbocycles. The molecule has 4 fully saturated rings. The summed E-state index contributed by atoms with van der Waals surface area (Å²) < 4.78 is 28.4. The lowest BCUT2D eigenvalue weighted by Crippen LogP contribution is -2.60. The van der Waals surface area contributed by atoms with Crippen molar-refractivity contribution >= 4 is 76.8 Å². The van der Waals surface area contributed by atoms with Crippen LogP contribution in [0.2, 0.25) is 0 Å². The van der Waals surface area contributed by atoms with Gasteiger partial charge in [0, 0.05) is 39.1 Å². The molecule has 25 heteroatoms. The molecule has 83 heavy (non-hydrogen) atoms. The molecule has 0 aromatic heterocycles. The first kappa shape index (κ1) is 67.6. The third kappa shape index (κ3) is 21.1. The molecule has 3 heterocycles. The van der Waals surface area contributed by atoms with Gasteiger partial charge in [-0.15, -0.1) is 0 Å². The first-order valence-electron chi connectivity index (χ1n) is 29.1. The molecule has 0 spiro atoms. The lowest BCUT2D eigenvalue weighted by molar-refractivity contribution is -0.262. The number of hydrogen-bond acceptors (Lipinski definition) is 18. The molecule has 3 aliphatic heterocycles. The van der Waals surface area contributed by atoms with Gasteiger partial charge in [-0.25, -0.2) is 4.79 Å². The molecular formula is C58H87N7O17S. The highest BCUT2D eigenvalue weighted by atomic mass is 32.2. The second kappa shape index (κ2) is 33.3. The molecule has 5 rings (SSSR count). The number of fused-ring (bicyclic) bond motifs is 3. The van der Waals surface area contributed by atoms with Crippen LogP contribution in [-0.4, -0.2) is 181 Å². The number of methoxy groups -OCH3 is 2. The van der Waals surface area contributed by atoms with Crippen molar-refractivity contribution in [3.8, 4) is 0 Å². The SMILES string of the molecule is COC(=O)CCC(=O)O[C@@H]1CC[C@@H](C[C@@H](C)[C@@H]2CC(=O)NCCNC(=O)[C@H](CC(C)C)NC(=O)CNC(=O)[C@H](Cc3ccccc3)NC(=O)[C@H](C)NC(=O)CSCC[C@@H]3CC[C@@H](C)[C@@](O)(O3)C(=O)C(=O)N3CCCC[C@H]3C(=O)O2)C[C@H]1OC. The number of cyclic esters (lactones) is 1. The predicted octanol–water partition coefficient (Wildman–Crippen LogP) is 1.70. The third-order valence-electron chi connectivity index (χ3n) is 15.7. The molecule has 462 valence electrons. The van der Waals surface area contributed by atoms with Gasteiger partial charge >= 0.3 is 17.9 Å². The minimum atomic E-state index is -2.53. The highest BCUT2D eigenvalue weighted by molar-refractivity contribution is 7.99. The Morgan fingerprint density at radius 1 is 0.759 bits per heavy atom. The lowest BCUT2D eigenvalue weighted by Gasteiger charge is -2.42. The minimum absolute atomic E-state index is 0.00351. The number of piperidine rings is 1. The van der Waals surface area contributed by atoms with Gasteiger partial charge in [0.05, 0.1) is 50.9 Å². The molecule has 2 bridgehead atoms. The molecular weight excluding hydrogens is 1100 g/mol. The Morgan fingerprint density at radius 2 is 1.47 bits per heavy atom. The lowest BCUT2D eigenvalue weighted by atomic mass is 9.78. The van der Waals surface area contributed by atoms with E-state index in [0.29, 0.717) is 62.7 Å². The number of hydrogen-bond donors (Lipinski definition) is 7. The van der Waals surface area contributed by atoms with E-state index in [0.717, 1.165) is 4.90 Å². The molecule has 0 radical (unpaired) electrons. The number of ether oxygens (including phenoxy) is 5. The Bertz CT molecular complexity index is 2420. The Kier molecular flexibility index (Phi) is 27.2. The molecule has 12 atom stereocenters. The van der Waals surface area contributed by atoms with Crippen LogP contribution in [0.25, 0.3) is 0 Å². The Hall–Kier alpha value is -6.18. The number of nitrogens with one attached hydrogen (secondary N) is 6. The van der Waals surface area contributed by atoms with Gasteiger partial charge in [0.2, 0.25) is 41.2 Å². The van der Waals surface area contributed by atoms with Crippen LogP contribution in [0.1, 0.15) is 130 Å². The van der Waals surface area contributed by atoms with Gasteiger partial charge in [0.15, 0.2) is 0 Å². The number of aliphatic hydroxyl groups is 1. The van der Waals surface area contributed by atoms with Gasteiger partial charge in [-0.2, -0.15) is 11.8 Å². The predicted molar refractivity (Wildman–Crippen MR) is 302 cm³/mol. The summed E-state index contributed by atoms with van der Waals surface area (Å²) in [6.07, 6.45) is 0.889. The van der Waals surface area contributed by atoms with Gasteiger partial charge in [-0.1, -0.05) is 58.0 Å². The first-order valence-corrected chi connectivity index (χ1v) is 30.2. The zero-order chi connectivity index (χ0) is 60.8. The van der Waals surface area contributed by atoms with E-state index in [1.165, 1.54) is 32.9 Å². The van der Waals surface area contributed by atoms with Crippen LogP contribution in [-0.2, 0) is 82.8 Å². The Morgan fingerprint density at radius 3 is 2.18 bits per heavy atom. The van der Waals surface area contributed by atoms with Crippen LogP contribution >= 0.6 is 11.8 Å². The minimum Gasteiger partial charge on any atom is -0.469 e. The van der Waals surface area contributed by atoms with Crippen LogP contribution in [0.3, 0.4) is 0 Å². The van der Waals surface area contributed by atoms with Crippen molar-refractivity contribution in [2.45, 2.75) is 185 Å². The van der Waals surface area contributed by atoms with Crippen molar-refractivity contribution in [3.63, 3.8) is 0 Å². The highest BCUT2D eigenvalue weighted by Gasteiger charge is 2.53. The summed E-state index contributed by atoms with van der Waals surface area (Å²) in [6, 6.07) is 4.36. The molecule has 1 aliphatic carbocycles. The molecule has 4 aliphatic rings. The molecule has 0 unspecified atom stereocenters. The van der Waals surface area contributed by atoms with Crippen molar-refractivity contribution in [2.24, 2.45) is 23.7 Å². The summed E-state index contributed by atoms with van der Waals surface area (Å²) >= 11 is 1.22. The monoisotopic (exact) mass is 1190 g/mol. The third-order valence-corrected chi connectivity index (χ3v) is 16.7. The number of esters is 3. The summed E-state index contributed by atoms with van der Waals surface area (Å²) in [7, 11) is 2.74. The topological polar surface area (TPSA) is 330 Å². The summed E-state index contributed by atoms with van der Waals surface area (Å²) in [4.78, 5) is 149. The van der Waals surface area contributed by atoms with Crippen molar-refractivity contribution in [1.29, 1.82) is 0 Å². The maximum atomic E-state index is 14.5. The van der Waals surface area contributed by atoms with Crippen LogP contribution in [0.5, 0.6) is 0 Å². The number of carbonyl (C=O) groups excluding carboxylic acids is 11. The number of carbonyl (C=O) groups is 11. The fraction of sp³-hybridized carbons (Fsp3) is 0.707. The zero-order valence-electron chi connectivity index (χ0n) is 49.0. The van der Waals surface area contributed by atoms with E-state index in [2.05, 4.69) is 36.6 Å². The Balaban J connectivity index is 1.36. The van der Waals surface area contributed by atoms with Gasteiger partial charge in [0.25, 0.3) is 11.7 Å². The van der Waals surface area contributed by atoms with Gasteiger partial charge < -0.3 is 65.6 Å². The van der Waals surface area contributed by atoms with E-state index in [1.54, 1.807) is 37.3 Å². The van der Waals surface area contributed by atoms with Crippen molar-refractivity contribution in [3.05, 3.63) is 35.9 Å². The molecule has 1 aromatic rings. The molecule has 7 N–H and O–H groups in total. The van der Waals surface area contributed by atoms with Crippen LogP contribution in [0.15, 0.2) is 30.3 Å². The largest absolute Gasteiger partial charge is 0.469 e. The van der Waals surface area contributed by atoms with E-state index < -0.39 is 138 Å². The van der Waals surface area contributed by atoms with Crippen molar-refractivity contribution in [2.75, 3.05) is 51.9 Å². The number of thioether (sulfide) groups is 1. The normalized spacial score (nSPS) is 29.9. The molecule has 1 saturated carbocycles. The number of Topliss-reactive ketones (excluding diaryl/α,β-unsaturated/α-hetero) is 1. The van der Waals surface area contributed by atoms with Crippen LogP contribution in [0.4, 0.5) is 0 Å². The maximum Gasteiger partial charge on any atom is 0.329 e. The number of rotatable bonds is 12. The van der Waals surface area contributed by atoms with E-state index in [-0.39, 0.29) is 82.2 Å². The quantitative estimate of drug-likeness (QED) is 0.0890. The van der Waals surface area contributed by atoms with Crippen LogP contribution in [0, 0.1) is 23.7 Å². The van der Waals surface area contributed by atoms with E-state index >= 15 is 0 Å². The number of benzene rings is 1. The van der Waals surface area contributed by atoms with Crippen LogP contribution < -0.4 is 31.9 Å². The fourth-order valence-electron chi connectivity index (χ4n) is 10.9. The van der Waals surface area contributed by atoms with Gasteiger partial charge in [0.1, 0.15) is 36.4 Å². The molecule has 7 amide bonds. The summed E-state index contributed by atoms with van der Waals surface area (Å²) in [6.45, 7) is 7.94. The smallest absolute Gasteiger partial charge is 0.329 e. The van der Waals surface area contributed by atoms with E-state index in [4.69, 9.17) is 18.9 Å². The second-order valence-electron chi connectivity index (χ2n) is 22.7. The fourth-order valence-corrected chi connectivity index (χ4v) is 11.8. The second-order valence-corrected chi connectivity index (χ2v) is 23.8. The molecule has 3 saturated heterocycles. The summed E-state index contributed by atoms with van der Waals surface area (Å²) in [5.41, 5.74) is 0.707. The maximum absolute atomic E-state index is 14.5. The molecule has 24 nitrogen and oxygen atoms in total. The standard InChI is InChI=1S/C58H87N7O17S/c1-34(2)27-41-54(73)60-24-23-59-47(66)31-45(35(3)28-39-17-19-44(46(30-39)78-6)80-51(70)21-20-50(69)79-7)81-57(76)43-15-11-12-25-65(43)56(75)52(71)58(77)36(4)16-18-40(82-58)22-26-83-33-49(68)62-37(5)53(72)64-42(29-38-13-9-8-10-14-38)55(74)61-32-48(67)63-41/h8-10,13-14,34-37,39-46,77H,11-12,15-33H2,1-7H3,(H,59,66)(H,60,73)(H,61,74)(H,62,68)(H,63,67)(H,64,72)/t35-,36-,37+,39+,40+,41+,42+,43+,44-,45+,46-,58-/m1/s1. The number of amides is 7. The number of ketones is 1. The Labute approximate surface area is 490 Å². The van der Waals surface area contributed by atoms with E-state index in [9.17, 15) is 57.8 Å². The van der Waals surface area contributed by atoms with E-state index in [1.807, 2.05) is 20.8 Å². The zero-order valence-corrected chi connectivity index (χ0v) is 49.8. The number of nitrogens with zero attached hydrogens (tertiary/aromatic N) is 1. The summed E-state index contributed by atoms with van der Waals surface area (Å²) in [5.74, 6) is -11.5. The average molecular weight is 1190 g/mol. The summed E-state index contributed by atoms with van der Waals surface area (Å²) in [5, 5.41) is 28.0. The van der Waals surface area contributed by atoms with Crippen molar-refractivity contribution < 1.29 is 81.5 Å². The average Bonchev–Trinajstić information content (AvgIpc) is 3.67. The highest BCUT2D eigenvalue weighted by Crippen LogP contribution is 2.37.